The molecule has 0 saturated carbocycles. The summed E-state index contributed by atoms with van der Waals surface area (Å²) in [5.41, 5.74) is 2.25. The van der Waals surface area contributed by atoms with Gasteiger partial charge in [-0.25, -0.2) is 4.98 Å². The quantitative estimate of drug-likeness (QED) is 0.875. The predicted octanol–water partition coefficient (Wildman–Crippen LogP) is 1.88. The molecule has 2 aromatic heterocycles. The summed E-state index contributed by atoms with van der Waals surface area (Å²) in [5, 5.41) is 0.776. The van der Waals surface area contributed by atoms with E-state index in [-0.39, 0.29) is 5.91 Å². The first-order valence-corrected chi connectivity index (χ1v) is 8.15. The van der Waals surface area contributed by atoms with Crippen molar-refractivity contribution in [3.8, 4) is 0 Å². The molecule has 1 atom stereocenters. The minimum atomic E-state index is -0.426. The van der Waals surface area contributed by atoms with Crippen LogP contribution in [0.5, 0.6) is 0 Å². The van der Waals surface area contributed by atoms with Crippen LogP contribution in [0.2, 0.25) is 0 Å². The lowest BCUT2D eigenvalue weighted by molar-refractivity contribution is -0.132. The Labute approximate surface area is 135 Å². The normalized spacial score (nSPS) is 17.8. The zero-order valence-electron chi connectivity index (χ0n) is 12.8. The third-order valence-electron chi connectivity index (χ3n) is 4.26. The van der Waals surface area contributed by atoms with Gasteiger partial charge in [-0.2, -0.15) is 0 Å². The second-order valence-corrected chi connectivity index (χ2v) is 6.40. The molecule has 3 rings (SSSR count). The molecule has 1 unspecified atom stereocenters. The van der Waals surface area contributed by atoms with E-state index in [0.29, 0.717) is 0 Å². The van der Waals surface area contributed by atoms with Crippen molar-refractivity contribution in [2.45, 2.75) is 18.7 Å². The van der Waals surface area contributed by atoms with Crippen LogP contribution in [0.15, 0.2) is 24.5 Å². The lowest BCUT2D eigenvalue weighted by Crippen LogP contribution is -2.50. The van der Waals surface area contributed by atoms with Crippen LogP contribution in [-0.4, -0.2) is 63.8 Å². The van der Waals surface area contributed by atoms with Crippen LogP contribution in [0.1, 0.15) is 12.5 Å². The number of hydrogen-bond acceptors (Lipinski definition) is 3. The molecule has 2 aromatic rings. The lowest BCUT2D eigenvalue weighted by atomic mass is 10.1. The van der Waals surface area contributed by atoms with E-state index in [1.54, 1.807) is 13.1 Å². The van der Waals surface area contributed by atoms with Gasteiger partial charge in [0.1, 0.15) is 11.0 Å². The van der Waals surface area contributed by atoms with Gasteiger partial charge in [0.25, 0.3) is 0 Å². The number of alkyl halides is 1. The molecule has 1 amide bonds. The highest BCUT2D eigenvalue weighted by Gasteiger charge is 2.23. The molecule has 22 heavy (non-hydrogen) atoms. The van der Waals surface area contributed by atoms with Gasteiger partial charge in [-0.1, -0.05) is 0 Å². The highest BCUT2D eigenvalue weighted by molar-refractivity contribution is 6.30. The molecule has 0 bridgehead atoms. The molecule has 0 spiro atoms. The number of aromatic nitrogens is 2. The summed E-state index contributed by atoms with van der Waals surface area (Å²) < 4.78 is 0. The summed E-state index contributed by atoms with van der Waals surface area (Å²) in [6, 6.07) is 4.07. The highest BCUT2D eigenvalue weighted by atomic mass is 35.5. The maximum Gasteiger partial charge on any atom is 0.240 e. The number of halogens is 1. The Morgan fingerprint density at radius 3 is 2.91 bits per heavy atom. The number of pyridine rings is 1. The summed E-state index contributed by atoms with van der Waals surface area (Å²) in [7, 11) is 0. The zero-order valence-corrected chi connectivity index (χ0v) is 13.5. The Balaban J connectivity index is 1.52. The maximum absolute atomic E-state index is 11.9. The third-order valence-corrected chi connectivity index (χ3v) is 4.45. The van der Waals surface area contributed by atoms with Crippen molar-refractivity contribution >= 4 is 28.5 Å². The molecule has 0 aliphatic carbocycles. The lowest BCUT2D eigenvalue weighted by Gasteiger charge is -2.35. The van der Waals surface area contributed by atoms with Crippen molar-refractivity contribution in [3.63, 3.8) is 0 Å². The van der Waals surface area contributed by atoms with Crippen LogP contribution in [0.4, 0.5) is 0 Å². The number of nitrogens with zero attached hydrogens (tertiary/aromatic N) is 3. The molecule has 0 aromatic carbocycles. The Bertz CT molecular complexity index is 646. The molecule has 0 radical (unpaired) electrons. The smallest absolute Gasteiger partial charge is 0.240 e. The first kappa shape index (κ1) is 15.3. The van der Waals surface area contributed by atoms with Crippen LogP contribution in [0, 0.1) is 0 Å². The summed E-state index contributed by atoms with van der Waals surface area (Å²) in [6.45, 7) is 6.10. The van der Waals surface area contributed by atoms with Crippen molar-refractivity contribution < 1.29 is 4.79 Å². The predicted molar refractivity (Wildman–Crippen MR) is 88.1 cm³/mol. The molecule has 5 nitrogen and oxygen atoms in total. The highest BCUT2D eigenvalue weighted by Crippen LogP contribution is 2.17. The number of fused-ring (bicyclic) bond motifs is 1. The Morgan fingerprint density at radius 1 is 1.41 bits per heavy atom. The number of nitrogens with one attached hydrogen (secondary N) is 1. The van der Waals surface area contributed by atoms with Gasteiger partial charge in [-0.05, 0) is 31.0 Å². The van der Waals surface area contributed by atoms with Gasteiger partial charge in [-0.3, -0.25) is 9.69 Å². The number of hydrogen-bond donors (Lipinski definition) is 1. The molecule has 1 aliphatic heterocycles. The van der Waals surface area contributed by atoms with E-state index < -0.39 is 5.38 Å². The van der Waals surface area contributed by atoms with E-state index in [4.69, 9.17) is 11.6 Å². The Hall–Kier alpha value is -1.59. The van der Waals surface area contributed by atoms with Gasteiger partial charge in [-0.15, -0.1) is 11.6 Å². The van der Waals surface area contributed by atoms with Crippen molar-refractivity contribution in [1.29, 1.82) is 0 Å². The van der Waals surface area contributed by atoms with Crippen LogP contribution in [0.25, 0.3) is 11.0 Å². The monoisotopic (exact) mass is 320 g/mol. The van der Waals surface area contributed by atoms with Crippen molar-refractivity contribution in [1.82, 2.24) is 19.8 Å². The van der Waals surface area contributed by atoms with Gasteiger partial charge >= 0.3 is 0 Å². The summed E-state index contributed by atoms with van der Waals surface area (Å²) in [4.78, 5) is 23.7. The minimum absolute atomic E-state index is 0.0454. The summed E-state index contributed by atoms with van der Waals surface area (Å²) in [5.74, 6) is 0.0454. The standard InChI is InChI=1S/C16H21ClN4O/c1-12(17)16(22)21-9-7-20(8-10-21)6-4-13-11-19-15-14(13)3-2-5-18-15/h2-3,5,11-12H,4,6-10H2,1H3,(H,18,19). The number of carbonyl (C=O) groups is 1. The minimum Gasteiger partial charge on any atom is -0.346 e. The Kier molecular flexibility index (Phi) is 4.64. The second kappa shape index (κ2) is 6.67. The van der Waals surface area contributed by atoms with Gasteiger partial charge in [0.15, 0.2) is 0 Å². The maximum atomic E-state index is 11.9. The fourth-order valence-electron chi connectivity index (χ4n) is 2.94. The van der Waals surface area contributed by atoms with Crippen molar-refractivity contribution in [3.05, 3.63) is 30.1 Å². The third kappa shape index (κ3) is 3.25. The molecule has 1 aliphatic rings. The molecule has 1 N–H and O–H groups in total. The summed E-state index contributed by atoms with van der Waals surface area (Å²) in [6.07, 6.45) is 4.84. The van der Waals surface area contributed by atoms with Crippen molar-refractivity contribution in [2.24, 2.45) is 0 Å². The van der Waals surface area contributed by atoms with Crippen LogP contribution in [-0.2, 0) is 11.2 Å². The fourth-order valence-corrected chi connectivity index (χ4v) is 3.08. The average Bonchev–Trinajstić information content (AvgIpc) is 2.96. The molecular weight excluding hydrogens is 300 g/mol. The number of piperazine rings is 1. The fraction of sp³-hybridized carbons (Fsp3) is 0.500. The first-order chi connectivity index (χ1) is 10.6. The van der Waals surface area contributed by atoms with Gasteiger partial charge in [0, 0.05) is 50.5 Å². The van der Waals surface area contributed by atoms with Crippen LogP contribution >= 0.6 is 11.6 Å². The largest absolute Gasteiger partial charge is 0.346 e. The molecule has 1 fully saturated rings. The van der Waals surface area contributed by atoms with Crippen LogP contribution < -0.4 is 0 Å². The van der Waals surface area contributed by atoms with E-state index in [9.17, 15) is 4.79 Å². The summed E-state index contributed by atoms with van der Waals surface area (Å²) >= 11 is 5.87. The van der Waals surface area contributed by atoms with Crippen molar-refractivity contribution in [2.75, 3.05) is 32.7 Å². The zero-order chi connectivity index (χ0) is 15.5. The van der Waals surface area contributed by atoms with E-state index in [1.807, 2.05) is 17.2 Å². The van der Waals surface area contributed by atoms with E-state index in [2.05, 4.69) is 20.9 Å². The van der Waals surface area contributed by atoms with E-state index in [0.717, 1.165) is 44.8 Å². The number of aromatic amines is 1. The van der Waals surface area contributed by atoms with Gasteiger partial charge in [0.2, 0.25) is 5.91 Å². The average molecular weight is 321 g/mol. The second-order valence-electron chi connectivity index (χ2n) is 5.75. The van der Waals surface area contributed by atoms with E-state index >= 15 is 0 Å². The van der Waals surface area contributed by atoms with Gasteiger partial charge < -0.3 is 9.88 Å². The van der Waals surface area contributed by atoms with E-state index in [1.165, 1.54) is 10.9 Å². The number of carbonyl (C=O) groups excluding carboxylic acids is 1. The molecule has 1 saturated heterocycles. The number of amides is 1. The molecule has 118 valence electrons. The number of rotatable bonds is 4. The SMILES string of the molecule is CC(Cl)C(=O)N1CCN(CCc2c[nH]c3ncccc23)CC1. The number of H-pyrrole nitrogens is 1. The molecule has 3 heterocycles. The van der Waals surface area contributed by atoms with Crippen LogP contribution in [0.3, 0.4) is 0 Å². The topological polar surface area (TPSA) is 52.2 Å². The Morgan fingerprint density at radius 2 is 2.18 bits per heavy atom. The first-order valence-electron chi connectivity index (χ1n) is 7.71. The van der Waals surface area contributed by atoms with Gasteiger partial charge in [0.05, 0.1) is 0 Å². The molecule has 6 heteroatoms. The molecular formula is C16H21ClN4O.